The molecule has 2 N–H and O–H groups in total. The van der Waals surface area contributed by atoms with E-state index in [1.54, 1.807) is 38.1 Å². The van der Waals surface area contributed by atoms with Crippen molar-refractivity contribution in [3.63, 3.8) is 0 Å². The number of aliphatic hydroxyl groups excluding tert-OH is 1. The van der Waals surface area contributed by atoms with Gasteiger partial charge in [-0.3, -0.25) is 4.79 Å². The molecule has 0 spiro atoms. The number of benzene rings is 1. The minimum atomic E-state index is -1.06. The molecule has 1 unspecified atom stereocenters. The molecular formula is C15H20N2O3. The number of aliphatic hydroxyl groups is 1. The fourth-order valence-electron chi connectivity index (χ4n) is 1.57. The van der Waals surface area contributed by atoms with E-state index in [1.807, 2.05) is 13.0 Å². The molecule has 5 heteroatoms. The summed E-state index contributed by atoms with van der Waals surface area (Å²) in [6.45, 7) is 5.10. The van der Waals surface area contributed by atoms with Gasteiger partial charge in [-0.1, -0.05) is 6.92 Å². The molecule has 5 nitrogen and oxygen atoms in total. The van der Waals surface area contributed by atoms with E-state index in [2.05, 4.69) is 5.32 Å². The molecule has 1 aromatic rings. The standard InChI is InChI=1S/C15H20N2O3/c1-4-12(10-18)17-14(19)15(2,3)20-13-7-5-11(9-16)6-8-13/h5-8,12,18H,4,10H2,1-3H3,(H,17,19). The van der Waals surface area contributed by atoms with Gasteiger partial charge in [-0.05, 0) is 44.5 Å². The van der Waals surface area contributed by atoms with E-state index < -0.39 is 5.60 Å². The van der Waals surface area contributed by atoms with Crippen LogP contribution in [0.3, 0.4) is 0 Å². The van der Waals surface area contributed by atoms with Gasteiger partial charge in [0.1, 0.15) is 5.75 Å². The zero-order valence-corrected chi connectivity index (χ0v) is 12.0. The number of hydrogen-bond acceptors (Lipinski definition) is 4. The van der Waals surface area contributed by atoms with Crippen molar-refractivity contribution < 1.29 is 14.6 Å². The van der Waals surface area contributed by atoms with Crippen LogP contribution in [0.4, 0.5) is 0 Å². The van der Waals surface area contributed by atoms with E-state index in [-0.39, 0.29) is 18.6 Å². The Labute approximate surface area is 119 Å². The minimum absolute atomic E-state index is 0.102. The highest BCUT2D eigenvalue weighted by Gasteiger charge is 2.31. The Bertz CT molecular complexity index is 485. The molecule has 0 heterocycles. The second kappa shape index (κ2) is 6.92. The van der Waals surface area contributed by atoms with Crippen LogP contribution in [0.1, 0.15) is 32.8 Å². The monoisotopic (exact) mass is 276 g/mol. The van der Waals surface area contributed by atoms with Gasteiger partial charge >= 0.3 is 0 Å². The van der Waals surface area contributed by atoms with Crippen LogP contribution in [0.2, 0.25) is 0 Å². The predicted molar refractivity (Wildman–Crippen MR) is 75.2 cm³/mol. The molecule has 0 bridgehead atoms. The average molecular weight is 276 g/mol. The third-order valence-electron chi connectivity index (χ3n) is 2.95. The SMILES string of the molecule is CCC(CO)NC(=O)C(C)(C)Oc1ccc(C#N)cc1. The molecule has 0 saturated heterocycles. The van der Waals surface area contributed by atoms with Crippen molar-refractivity contribution in [2.75, 3.05) is 6.61 Å². The van der Waals surface area contributed by atoms with Crippen LogP contribution < -0.4 is 10.1 Å². The Morgan fingerprint density at radius 3 is 2.50 bits per heavy atom. The van der Waals surface area contributed by atoms with Crippen molar-refractivity contribution in [3.05, 3.63) is 29.8 Å². The van der Waals surface area contributed by atoms with Gasteiger partial charge in [0, 0.05) is 0 Å². The third-order valence-corrected chi connectivity index (χ3v) is 2.95. The zero-order valence-electron chi connectivity index (χ0n) is 12.0. The summed E-state index contributed by atoms with van der Waals surface area (Å²) >= 11 is 0. The van der Waals surface area contributed by atoms with Crippen molar-refractivity contribution in [2.45, 2.75) is 38.8 Å². The van der Waals surface area contributed by atoms with Crippen molar-refractivity contribution in [1.29, 1.82) is 5.26 Å². The Morgan fingerprint density at radius 2 is 2.05 bits per heavy atom. The normalized spacial score (nSPS) is 12.3. The molecule has 0 saturated carbocycles. The number of hydrogen-bond donors (Lipinski definition) is 2. The van der Waals surface area contributed by atoms with Gasteiger partial charge < -0.3 is 15.2 Å². The smallest absolute Gasteiger partial charge is 0.263 e. The minimum Gasteiger partial charge on any atom is -0.478 e. The summed E-state index contributed by atoms with van der Waals surface area (Å²) in [6, 6.07) is 8.31. The molecule has 0 aliphatic carbocycles. The zero-order chi connectivity index (χ0) is 15.2. The first-order valence-corrected chi connectivity index (χ1v) is 6.54. The van der Waals surface area contributed by atoms with Gasteiger partial charge in [0.25, 0.3) is 5.91 Å². The van der Waals surface area contributed by atoms with Crippen LogP contribution >= 0.6 is 0 Å². The third kappa shape index (κ3) is 4.25. The molecule has 1 atom stereocenters. The topological polar surface area (TPSA) is 82.3 Å². The van der Waals surface area contributed by atoms with Gasteiger partial charge in [-0.25, -0.2) is 0 Å². The molecule has 0 fully saturated rings. The van der Waals surface area contributed by atoms with Gasteiger partial charge in [0.05, 0.1) is 24.3 Å². The summed E-state index contributed by atoms with van der Waals surface area (Å²) in [5, 5.41) is 20.6. The van der Waals surface area contributed by atoms with E-state index in [0.29, 0.717) is 17.7 Å². The highest BCUT2D eigenvalue weighted by Crippen LogP contribution is 2.19. The second-order valence-corrected chi connectivity index (χ2v) is 5.01. The maximum absolute atomic E-state index is 12.1. The highest BCUT2D eigenvalue weighted by atomic mass is 16.5. The molecule has 0 radical (unpaired) electrons. The van der Waals surface area contributed by atoms with Gasteiger partial charge in [0.2, 0.25) is 0 Å². The summed E-state index contributed by atoms with van der Waals surface area (Å²) in [5.74, 6) is 0.226. The van der Waals surface area contributed by atoms with Crippen molar-refractivity contribution in [2.24, 2.45) is 0 Å². The largest absolute Gasteiger partial charge is 0.478 e. The van der Waals surface area contributed by atoms with Crippen LogP contribution in [0, 0.1) is 11.3 Å². The predicted octanol–water partition coefficient (Wildman–Crippen LogP) is 1.60. The van der Waals surface area contributed by atoms with E-state index in [1.165, 1.54) is 0 Å². The maximum Gasteiger partial charge on any atom is 0.263 e. The Balaban J connectivity index is 2.72. The van der Waals surface area contributed by atoms with Crippen LogP contribution in [0.5, 0.6) is 5.75 Å². The summed E-state index contributed by atoms with van der Waals surface area (Å²) in [4.78, 5) is 12.1. The number of nitrogens with zero attached hydrogens (tertiary/aromatic N) is 1. The van der Waals surface area contributed by atoms with Crippen LogP contribution in [-0.2, 0) is 4.79 Å². The first-order chi connectivity index (χ1) is 9.42. The lowest BCUT2D eigenvalue weighted by molar-refractivity contribution is -0.135. The van der Waals surface area contributed by atoms with E-state index >= 15 is 0 Å². The summed E-state index contributed by atoms with van der Waals surface area (Å²) in [5.41, 5.74) is -0.526. The lowest BCUT2D eigenvalue weighted by atomic mass is 10.1. The number of carbonyl (C=O) groups is 1. The summed E-state index contributed by atoms with van der Waals surface area (Å²) in [6.07, 6.45) is 0.648. The highest BCUT2D eigenvalue weighted by molar-refractivity contribution is 5.85. The molecule has 108 valence electrons. The average Bonchev–Trinajstić information content (AvgIpc) is 2.44. The van der Waals surface area contributed by atoms with Crippen LogP contribution in [-0.4, -0.2) is 29.3 Å². The number of rotatable bonds is 6. The lowest BCUT2D eigenvalue weighted by Gasteiger charge is -2.27. The maximum atomic E-state index is 12.1. The first-order valence-electron chi connectivity index (χ1n) is 6.54. The number of nitrogens with one attached hydrogen (secondary N) is 1. The summed E-state index contributed by atoms with van der Waals surface area (Å²) < 4.78 is 5.65. The Hall–Kier alpha value is -2.06. The summed E-state index contributed by atoms with van der Waals surface area (Å²) in [7, 11) is 0. The van der Waals surface area contributed by atoms with E-state index in [9.17, 15) is 4.79 Å². The van der Waals surface area contributed by atoms with Gasteiger partial charge in [-0.15, -0.1) is 0 Å². The molecule has 1 aromatic carbocycles. The van der Waals surface area contributed by atoms with Crippen molar-refractivity contribution in [1.82, 2.24) is 5.32 Å². The lowest BCUT2D eigenvalue weighted by Crippen LogP contribution is -2.50. The molecule has 0 aromatic heterocycles. The fourth-order valence-corrected chi connectivity index (χ4v) is 1.57. The van der Waals surface area contributed by atoms with E-state index in [0.717, 1.165) is 0 Å². The number of amides is 1. The van der Waals surface area contributed by atoms with Crippen LogP contribution in [0.25, 0.3) is 0 Å². The molecular weight excluding hydrogens is 256 g/mol. The first kappa shape index (κ1) is 16.0. The fraction of sp³-hybridized carbons (Fsp3) is 0.467. The van der Waals surface area contributed by atoms with Gasteiger partial charge in [-0.2, -0.15) is 5.26 Å². The number of carbonyl (C=O) groups excluding carboxylic acids is 1. The second-order valence-electron chi connectivity index (χ2n) is 5.01. The number of ether oxygens (including phenoxy) is 1. The molecule has 1 rings (SSSR count). The number of nitriles is 1. The molecule has 1 amide bonds. The molecule has 0 aliphatic rings. The van der Waals surface area contributed by atoms with E-state index in [4.69, 9.17) is 15.1 Å². The Morgan fingerprint density at radius 1 is 1.45 bits per heavy atom. The van der Waals surface area contributed by atoms with Gasteiger partial charge in [0.15, 0.2) is 5.60 Å². The van der Waals surface area contributed by atoms with Crippen LogP contribution in [0.15, 0.2) is 24.3 Å². The molecule has 0 aliphatic heterocycles. The Kier molecular flexibility index (Phi) is 5.53. The quantitative estimate of drug-likeness (QED) is 0.827. The van der Waals surface area contributed by atoms with Crippen molar-refractivity contribution in [3.8, 4) is 11.8 Å². The van der Waals surface area contributed by atoms with Crippen molar-refractivity contribution >= 4 is 5.91 Å². The molecule has 20 heavy (non-hydrogen) atoms.